The summed E-state index contributed by atoms with van der Waals surface area (Å²) in [5.74, 6) is -0.131. The summed E-state index contributed by atoms with van der Waals surface area (Å²) in [5, 5.41) is 21.5. The van der Waals surface area contributed by atoms with Crippen LogP contribution in [0.25, 0.3) is 11.0 Å². The summed E-state index contributed by atoms with van der Waals surface area (Å²) < 4.78 is 0. The van der Waals surface area contributed by atoms with Gasteiger partial charge in [-0.1, -0.05) is 36.4 Å². The molecule has 3 N–H and O–H groups in total. The molecule has 0 saturated carbocycles. The van der Waals surface area contributed by atoms with Crippen LogP contribution < -0.4 is 9.80 Å². The van der Waals surface area contributed by atoms with E-state index in [2.05, 4.69) is 9.97 Å². The first-order chi connectivity index (χ1) is 15.7. The minimum atomic E-state index is -1.76. The average Bonchev–Trinajstić information content (AvgIpc) is 3.32. The van der Waals surface area contributed by atoms with Crippen molar-refractivity contribution in [1.29, 1.82) is 0 Å². The van der Waals surface area contributed by atoms with Crippen LogP contribution in [0.1, 0.15) is 32.6 Å². The van der Waals surface area contributed by atoms with Crippen LogP contribution in [0.2, 0.25) is 0 Å². The first kappa shape index (κ1) is 20.7. The summed E-state index contributed by atoms with van der Waals surface area (Å²) in [4.78, 5) is 34.6. The number of nitrogens with zero attached hydrogens (tertiary/aromatic N) is 3. The highest BCUT2D eigenvalue weighted by Gasteiger charge is 2.51. The maximum Gasteiger partial charge on any atom is 0.413 e. The summed E-state index contributed by atoms with van der Waals surface area (Å²) in [6.07, 6.45) is -1.15. The highest BCUT2D eigenvalue weighted by atomic mass is 16.4. The first-order valence-corrected chi connectivity index (χ1v) is 10.4. The fraction of sp³-hybridized carbons (Fsp3) is 0.160. The van der Waals surface area contributed by atoms with Gasteiger partial charge in [0.15, 0.2) is 5.72 Å². The molecule has 1 atom stereocenters. The Labute approximate surface area is 189 Å². The van der Waals surface area contributed by atoms with Crippen LogP contribution in [-0.4, -0.2) is 39.2 Å². The molecule has 0 spiro atoms. The van der Waals surface area contributed by atoms with E-state index in [4.69, 9.17) is 0 Å². The number of anilines is 2. The van der Waals surface area contributed by atoms with Crippen molar-refractivity contribution in [3.8, 4) is 0 Å². The Morgan fingerprint density at radius 3 is 2.61 bits per heavy atom. The van der Waals surface area contributed by atoms with Gasteiger partial charge >= 0.3 is 6.09 Å². The lowest BCUT2D eigenvalue weighted by Gasteiger charge is -2.36. The molecule has 2 heterocycles. The molecule has 0 saturated heterocycles. The van der Waals surface area contributed by atoms with Crippen LogP contribution >= 0.6 is 0 Å². The number of aliphatic hydroxyl groups is 1. The van der Waals surface area contributed by atoms with Gasteiger partial charge < -0.3 is 15.2 Å². The van der Waals surface area contributed by atoms with Gasteiger partial charge in [-0.25, -0.2) is 9.78 Å². The predicted molar refractivity (Wildman–Crippen MR) is 125 cm³/mol. The van der Waals surface area contributed by atoms with E-state index in [1.54, 1.807) is 42.5 Å². The molecule has 0 fully saturated rings. The molecule has 5 rings (SSSR count). The molecule has 166 valence electrons. The summed E-state index contributed by atoms with van der Waals surface area (Å²) >= 11 is 0. The zero-order valence-electron chi connectivity index (χ0n) is 18.3. The van der Waals surface area contributed by atoms with Crippen LogP contribution in [0.15, 0.2) is 60.7 Å². The molecule has 8 heteroatoms. The summed E-state index contributed by atoms with van der Waals surface area (Å²) in [5.41, 5.74) is 3.14. The summed E-state index contributed by atoms with van der Waals surface area (Å²) in [6, 6.07) is 17.9. The Balaban J connectivity index is 1.74. The van der Waals surface area contributed by atoms with Gasteiger partial charge in [0.2, 0.25) is 5.95 Å². The maximum atomic E-state index is 13.6. The third-order valence-electron chi connectivity index (χ3n) is 6.14. The normalized spacial score (nSPS) is 17.5. The van der Waals surface area contributed by atoms with Crippen LogP contribution in [-0.2, 0) is 5.72 Å². The quantitative estimate of drug-likeness (QED) is 0.442. The van der Waals surface area contributed by atoms with E-state index in [1.807, 2.05) is 32.0 Å². The second kappa shape index (κ2) is 7.18. The van der Waals surface area contributed by atoms with Crippen LogP contribution in [0.4, 0.5) is 16.4 Å². The molecule has 1 aliphatic heterocycles. The van der Waals surface area contributed by atoms with Crippen molar-refractivity contribution in [2.75, 3.05) is 16.8 Å². The number of carbonyl (C=O) groups is 2. The van der Waals surface area contributed by atoms with Crippen molar-refractivity contribution in [2.24, 2.45) is 0 Å². The van der Waals surface area contributed by atoms with Crippen molar-refractivity contribution in [2.45, 2.75) is 19.6 Å². The number of hydrogen-bond donors (Lipinski definition) is 3. The van der Waals surface area contributed by atoms with E-state index in [9.17, 15) is 19.8 Å². The Morgan fingerprint density at radius 2 is 1.85 bits per heavy atom. The lowest BCUT2D eigenvalue weighted by Crippen LogP contribution is -2.45. The summed E-state index contributed by atoms with van der Waals surface area (Å²) in [6.45, 7) is 3.84. The van der Waals surface area contributed by atoms with Crippen molar-refractivity contribution < 1.29 is 19.8 Å². The lowest BCUT2D eigenvalue weighted by molar-refractivity contribution is 0.0703. The van der Waals surface area contributed by atoms with E-state index in [0.717, 1.165) is 16.0 Å². The molecule has 0 bridgehead atoms. The molecule has 0 aliphatic carbocycles. The van der Waals surface area contributed by atoms with Crippen molar-refractivity contribution in [3.05, 3.63) is 88.5 Å². The molecule has 1 unspecified atom stereocenters. The molecule has 2 amide bonds. The molecular weight excluding hydrogens is 420 g/mol. The molecule has 1 aromatic heterocycles. The molecule has 3 aromatic carbocycles. The summed E-state index contributed by atoms with van der Waals surface area (Å²) in [7, 11) is 1.39. The van der Waals surface area contributed by atoms with Crippen LogP contribution in [0, 0.1) is 13.8 Å². The number of aromatic amines is 1. The second-order valence-electron chi connectivity index (χ2n) is 8.28. The number of aryl methyl sites for hydroxylation is 2. The Hall–Kier alpha value is -4.17. The highest BCUT2D eigenvalue weighted by Crippen LogP contribution is 2.46. The zero-order valence-corrected chi connectivity index (χ0v) is 18.3. The second-order valence-corrected chi connectivity index (χ2v) is 8.28. The van der Waals surface area contributed by atoms with Crippen molar-refractivity contribution in [3.63, 3.8) is 0 Å². The number of carboxylic acid groups (broad SMARTS) is 1. The van der Waals surface area contributed by atoms with E-state index in [0.29, 0.717) is 33.4 Å². The van der Waals surface area contributed by atoms with Gasteiger partial charge in [-0.2, -0.15) is 0 Å². The average molecular weight is 442 g/mol. The minimum Gasteiger partial charge on any atom is -0.465 e. The number of benzene rings is 3. The largest absolute Gasteiger partial charge is 0.465 e. The van der Waals surface area contributed by atoms with Gasteiger partial charge in [-0.3, -0.25) is 14.6 Å². The zero-order chi connectivity index (χ0) is 23.5. The van der Waals surface area contributed by atoms with Crippen LogP contribution in [0.3, 0.4) is 0 Å². The number of H-pyrrole nitrogens is 1. The Kier molecular flexibility index (Phi) is 4.51. The fourth-order valence-corrected chi connectivity index (χ4v) is 4.35. The maximum absolute atomic E-state index is 13.6. The van der Waals surface area contributed by atoms with Gasteiger partial charge in [-0.05, 0) is 49.2 Å². The Morgan fingerprint density at radius 1 is 1.09 bits per heavy atom. The molecule has 8 nitrogen and oxygen atoms in total. The fourth-order valence-electron chi connectivity index (χ4n) is 4.35. The molecule has 33 heavy (non-hydrogen) atoms. The van der Waals surface area contributed by atoms with E-state index in [-0.39, 0.29) is 11.9 Å². The molecular formula is C25H22N4O4. The van der Waals surface area contributed by atoms with Gasteiger partial charge in [0.1, 0.15) is 0 Å². The predicted octanol–water partition coefficient (Wildman–Crippen LogP) is 4.15. The SMILES string of the molecule is Cc1ccc(C)c(N2C(=O)c3ccccc3C2(O)c2ccc3nc(N(C)C(=O)O)[nH]c3c2)c1. The number of aromatic nitrogens is 2. The van der Waals surface area contributed by atoms with Crippen molar-refractivity contribution >= 4 is 34.7 Å². The van der Waals surface area contributed by atoms with Gasteiger partial charge in [-0.15, -0.1) is 0 Å². The van der Waals surface area contributed by atoms with E-state index in [1.165, 1.54) is 11.9 Å². The smallest absolute Gasteiger partial charge is 0.413 e. The first-order valence-electron chi connectivity index (χ1n) is 10.4. The highest BCUT2D eigenvalue weighted by molar-refractivity contribution is 6.13. The molecule has 4 aromatic rings. The number of carbonyl (C=O) groups excluding carboxylic acids is 1. The number of hydrogen-bond acceptors (Lipinski definition) is 4. The minimum absolute atomic E-state index is 0.163. The topological polar surface area (TPSA) is 110 Å². The van der Waals surface area contributed by atoms with Crippen LogP contribution in [0.5, 0.6) is 0 Å². The third kappa shape index (κ3) is 2.99. The third-order valence-corrected chi connectivity index (χ3v) is 6.14. The monoisotopic (exact) mass is 442 g/mol. The van der Waals surface area contributed by atoms with Gasteiger partial charge in [0, 0.05) is 23.7 Å². The molecule has 1 aliphatic rings. The lowest BCUT2D eigenvalue weighted by atomic mass is 9.93. The standard InChI is InChI=1S/C25H22N4O4/c1-14-8-9-15(2)21(12-14)29-22(30)17-6-4-5-7-18(17)25(29,33)16-10-11-19-20(13-16)27-23(26-19)28(3)24(31)32/h4-13,33H,1-3H3,(H,26,27)(H,31,32). The number of amides is 2. The molecule has 0 radical (unpaired) electrons. The van der Waals surface area contributed by atoms with Crippen molar-refractivity contribution in [1.82, 2.24) is 9.97 Å². The van der Waals surface area contributed by atoms with E-state index < -0.39 is 11.8 Å². The Bertz CT molecular complexity index is 1440. The number of fused-ring (bicyclic) bond motifs is 2. The van der Waals surface area contributed by atoms with Gasteiger partial charge in [0.25, 0.3) is 5.91 Å². The number of rotatable bonds is 3. The number of imidazole rings is 1. The van der Waals surface area contributed by atoms with E-state index >= 15 is 0 Å². The number of nitrogens with one attached hydrogen (secondary N) is 1. The van der Waals surface area contributed by atoms with Gasteiger partial charge in [0.05, 0.1) is 16.7 Å².